The van der Waals surface area contributed by atoms with Crippen LogP contribution in [0.15, 0.2) is 54.6 Å². The molecule has 0 bridgehead atoms. The maximum Gasteiger partial charge on any atom is 0.323 e. The summed E-state index contributed by atoms with van der Waals surface area (Å²) in [6.07, 6.45) is 1.02. The van der Waals surface area contributed by atoms with Crippen molar-refractivity contribution in [3.8, 4) is 5.75 Å². The van der Waals surface area contributed by atoms with E-state index in [0.29, 0.717) is 24.3 Å². The molecule has 8 nitrogen and oxygen atoms in total. The Kier molecular flexibility index (Phi) is 8.43. The second-order valence-electron chi connectivity index (χ2n) is 8.42. The molecule has 2 aromatic rings. The third-order valence-electron chi connectivity index (χ3n) is 5.23. The summed E-state index contributed by atoms with van der Waals surface area (Å²) in [5.74, 6) is -1.47. The van der Waals surface area contributed by atoms with Gasteiger partial charge in [-0.15, -0.1) is 0 Å². The van der Waals surface area contributed by atoms with E-state index in [-0.39, 0.29) is 19.1 Å². The number of nitrogens with one attached hydrogen (secondary N) is 1. The Balaban J connectivity index is 1.79. The molecule has 1 amide bonds. The number of ether oxygens (including phenoxy) is 2. The number of rotatable bonds is 10. The van der Waals surface area contributed by atoms with Crippen LogP contribution >= 0.6 is 0 Å². The molecule has 0 aliphatic carbocycles. The molecular weight excluding hydrogens is 424 g/mol. The lowest BCUT2D eigenvalue weighted by atomic mass is 10.0. The van der Waals surface area contributed by atoms with Crippen molar-refractivity contribution in [1.29, 1.82) is 0 Å². The van der Waals surface area contributed by atoms with E-state index in [4.69, 9.17) is 9.47 Å². The molecule has 1 heterocycles. The molecule has 0 saturated heterocycles. The standard InChI is InChI=1S/C25H30N2O6/c1-17(2)15-33-25(31)19(13-12-18-8-4-3-5-9-18)26-20-16-32-22-11-7-6-10-21(22)27(24(20)30)14-23(28)29/h3-11,17,19-20,26H,12-16H2,1-2H3,(H,28,29)/t19-,20?/m0/s1. The van der Waals surface area contributed by atoms with Crippen LogP contribution in [0.4, 0.5) is 5.69 Å². The van der Waals surface area contributed by atoms with E-state index >= 15 is 0 Å². The largest absolute Gasteiger partial charge is 0.489 e. The maximum absolute atomic E-state index is 13.3. The zero-order valence-corrected chi connectivity index (χ0v) is 18.9. The summed E-state index contributed by atoms with van der Waals surface area (Å²) < 4.78 is 11.3. The summed E-state index contributed by atoms with van der Waals surface area (Å²) in [6.45, 7) is 3.62. The maximum atomic E-state index is 13.3. The Bertz CT molecular complexity index is 962. The number of benzene rings is 2. The van der Waals surface area contributed by atoms with Gasteiger partial charge in [-0.25, -0.2) is 0 Å². The van der Waals surface area contributed by atoms with E-state index in [9.17, 15) is 19.5 Å². The Morgan fingerprint density at radius 1 is 1.15 bits per heavy atom. The summed E-state index contributed by atoms with van der Waals surface area (Å²) in [6, 6.07) is 14.9. The van der Waals surface area contributed by atoms with Crippen molar-refractivity contribution in [2.24, 2.45) is 5.92 Å². The summed E-state index contributed by atoms with van der Waals surface area (Å²) in [4.78, 5) is 38.8. The third kappa shape index (κ3) is 6.79. The number of anilines is 1. The summed E-state index contributed by atoms with van der Waals surface area (Å²) in [5, 5.41) is 12.5. The Hall–Kier alpha value is -3.39. The van der Waals surface area contributed by atoms with Crippen LogP contribution in [0.3, 0.4) is 0 Å². The molecule has 1 unspecified atom stereocenters. The fourth-order valence-corrected chi connectivity index (χ4v) is 3.59. The van der Waals surface area contributed by atoms with Gasteiger partial charge in [0.2, 0.25) is 5.91 Å². The first-order valence-electron chi connectivity index (χ1n) is 11.1. The minimum absolute atomic E-state index is 0.0364. The van der Waals surface area contributed by atoms with E-state index in [2.05, 4.69) is 5.32 Å². The molecule has 8 heteroatoms. The third-order valence-corrected chi connectivity index (χ3v) is 5.23. The van der Waals surface area contributed by atoms with Crippen LogP contribution in [0.1, 0.15) is 25.8 Å². The van der Waals surface area contributed by atoms with Crippen LogP contribution in [0.25, 0.3) is 0 Å². The van der Waals surface area contributed by atoms with Gasteiger partial charge in [-0.2, -0.15) is 0 Å². The smallest absolute Gasteiger partial charge is 0.323 e. The monoisotopic (exact) mass is 454 g/mol. The van der Waals surface area contributed by atoms with Gasteiger partial charge in [0.1, 0.15) is 31.0 Å². The highest BCUT2D eigenvalue weighted by atomic mass is 16.5. The number of para-hydroxylation sites is 2. The molecule has 33 heavy (non-hydrogen) atoms. The Morgan fingerprint density at radius 2 is 1.85 bits per heavy atom. The van der Waals surface area contributed by atoms with E-state index in [1.807, 2.05) is 44.2 Å². The number of hydrogen-bond donors (Lipinski definition) is 2. The topological polar surface area (TPSA) is 105 Å². The fraction of sp³-hybridized carbons (Fsp3) is 0.400. The van der Waals surface area contributed by atoms with Crippen molar-refractivity contribution in [3.05, 3.63) is 60.2 Å². The van der Waals surface area contributed by atoms with Gasteiger partial charge in [-0.3, -0.25) is 24.6 Å². The average Bonchev–Trinajstić information content (AvgIpc) is 2.92. The second-order valence-corrected chi connectivity index (χ2v) is 8.42. The Morgan fingerprint density at radius 3 is 2.55 bits per heavy atom. The fourth-order valence-electron chi connectivity index (χ4n) is 3.59. The molecule has 3 rings (SSSR count). The zero-order valence-electron chi connectivity index (χ0n) is 18.9. The number of fused-ring (bicyclic) bond motifs is 1. The highest BCUT2D eigenvalue weighted by Gasteiger charge is 2.35. The Labute approximate surface area is 193 Å². The van der Waals surface area contributed by atoms with Gasteiger partial charge in [0.05, 0.1) is 12.3 Å². The molecule has 1 aliphatic rings. The van der Waals surface area contributed by atoms with E-state index in [1.54, 1.807) is 24.3 Å². The van der Waals surface area contributed by atoms with Crippen LogP contribution < -0.4 is 15.0 Å². The lowest BCUT2D eigenvalue weighted by Gasteiger charge is -2.26. The van der Waals surface area contributed by atoms with Crippen molar-refractivity contribution in [2.45, 2.75) is 38.8 Å². The first kappa shape index (κ1) is 24.3. The van der Waals surface area contributed by atoms with Crippen molar-refractivity contribution < 1.29 is 29.0 Å². The van der Waals surface area contributed by atoms with Gasteiger partial charge in [0.15, 0.2) is 0 Å². The number of carboxylic acid groups (broad SMARTS) is 1. The molecule has 0 aromatic heterocycles. The predicted molar refractivity (Wildman–Crippen MR) is 123 cm³/mol. The van der Waals surface area contributed by atoms with Crippen LogP contribution in [0.5, 0.6) is 5.75 Å². The van der Waals surface area contributed by atoms with Gasteiger partial charge in [-0.1, -0.05) is 56.3 Å². The van der Waals surface area contributed by atoms with Crippen molar-refractivity contribution in [2.75, 3.05) is 24.7 Å². The van der Waals surface area contributed by atoms with Crippen molar-refractivity contribution >= 4 is 23.5 Å². The quantitative estimate of drug-likeness (QED) is 0.532. The van der Waals surface area contributed by atoms with E-state index in [0.717, 1.165) is 5.56 Å². The number of aryl methyl sites for hydroxylation is 1. The average molecular weight is 455 g/mol. The number of esters is 1. The predicted octanol–water partition coefficient (Wildman–Crippen LogP) is 2.66. The highest BCUT2D eigenvalue weighted by Crippen LogP contribution is 2.31. The van der Waals surface area contributed by atoms with Crippen LogP contribution in [0, 0.1) is 5.92 Å². The minimum atomic E-state index is -1.14. The molecule has 0 saturated carbocycles. The number of carboxylic acids is 1. The highest BCUT2D eigenvalue weighted by molar-refractivity contribution is 6.02. The van der Waals surface area contributed by atoms with Gasteiger partial charge in [-0.05, 0) is 36.5 Å². The molecule has 1 aliphatic heterocycles. The summed E-state index contributed by atoms with van der Waals surface area (Å²) >= 11 is 0. The van der Waals surface area contributed by atoms with Crippen LogP contribution in [-0.2, 0) is 25.5 Å². The van der Waals surface area contributed by atoms with Crippen molar-refractivity contribution in [3.63, 3.8) is 0 Å². The van der Waals surface area contributed by atoms with Crippen LogP contribution in [0.2, 0.25) is 0 Å². The number of hydrogen-bond acceptors (Lipinski definition) is 6. The van der Waals surface area contributed by atoms with Gasteiger partial charge < -0.3 is 14.6 Å². The van der Waals surface area contributed by atoms with Crippen molar-refractivity contribution in [1.82, 2.24) is 5.32 Å². The number of amides is 1. The number of carbonyl (C=O) groups excluding carboxylic acids is 2. The van der Waals surface area contributed by atoms with Gasteiger partial charge >= 0.3 is 11.9 Å². The molecule has 2 N–H and O–H groups in total. The summed E-state index contributed by atoms with van der Waals surface area (Å²) in [5.41, 5.74) is 1.45. The number of aliphatic carboxylic acids is 1. The molecule has 176 valence electrons. The first-order chi connectivity index (χ1) is 15.8. The number of carbonyl (C=O) groups is 3. The molecular formula is C25H30N2O6. The van der Waals surface area contributed by atoms with Crippen LogP contribution in [-0.4, -0.2) is 54.8 Å². The molecule has 0 fully saturated rings. The second kappa shape index (κ2) is 11.5. The normalized spacial score (nSPS) is 16.5. The van der Waals surface area contributed by atoms with E-state index < -0.39 is 36.5 Å². The zero-order chi connectivity index (χ0) is 23.8. The lowest BCUT2D eigenvalue weighted by Crippen LogP contribution is -2.55. The lowest BCUT2D eigenvalue weighted by molar-refractivity contribution is -0.148. The minimum Gasteiger partial charge on any atom is -0.489 e. The molecule has 0 radical (unpaired) electrons. The SMILES string of the molecule is CC(C)COC(=O)[C@H](CCc1ccccc1)NC1COc2ccccc2N(CC(=O)O)C1=O. The molecule has 2 atom stereocenters. The van der Waals surface area contributed by atoms with E-state index in [1.165, 1.54) is 4.90 Å². The van der Waals surface area contributed by atoms with Gasteiger partial charge in [0, 0.05) is 0 Å². The molecule has 2 aromatic carbocycles. The molecule has 0 spiro atoms. The number of nitrogens with zero attached hydrogens (tertiary/aromatic N) is 1. The first-order valence-corrected chi connectivity index (χ1v) is 11.1. The van der Waals surface area contributed by atoms with Gasteiger partial charge in [0.25, 0.3) is 0 Å². The summed E-state index contributed by atoms with van der Waals surface area (Å²) in [7, 11) is 0.